The predicted octanol–water partition coefficient (Wildman–Crippen LogP) is 2.09. The number of hydrogen-bond acceptors (Lipinski definition) is 4. The molecule has 2 unspecified atom stereocenters. The van der Waals surface area contributed by atoms with Gasteiger partial charge in [0.2, 0.25) is 0 Å². The number of likely N-dealkylation sites (tertiary alicyclic amines) is 1. The highest BCUT2D eigenvalue weighted by molar-refractivity contribution is 5.80. The maximum Gasteiger partial charge on any atom is 0.409 e. The van der Waals surface area contributed by atoms with E-state index in [2.05, 4.69) is 34.0 Å². The summed E-state index contributed by atoms with van der Waals surface area (Å²) in [5, 5.41) is 3.49. The summed E-state index contributed by atoms with van der Waals surface area (Å²) in [5.74, 6) is 2.61. The molecule has 0 aromatic carbocycles. The van der Waals surface area contributed by atoms with E-state index in [0.29, 0.717) is 19.7 Å². The van der Waals surface area contributed by atoms with Crippen LogP contribution in [0.2, 0.25) is 0 Å². The molecular formula is C20H39N5O2. The number of nitrogens with zero attached hydrogens (tertiary/aromatic N) is 4. The van der Waals surface area contributed by atoms with Crippen LogP contribution in [0.5, 0.6) is 0 Å². The van der Waals surface area contributed by atoms with Gasteiger partial charge in [-0.1, -0.05) is 13.8 Å². The number of nitrogens with one attached hydrogen (secondary N) is 1. The van der Waals surface area contributed by atoms with Crippen LogP contribution >= 0.6 is 0 Å². The molecule has 0 aromatic rings. The number of ether oxygens (including phenoxy) is 1. The Morgan fingerprint density at radius 2 is 1.70 bits per heavy atom. The average Bonchev–Trinajstić information content (AvgIpc) is 2.64. The summed E-state index contributed by atoms with van der Waals surface area (Å²) >= 11 is 0. The Labute approximate surface area is 165 Å². The third-order valence-electron chi connectivity index (χ3n) is 5.45. The zero-order valence-electron chi connectivity index (χ0n) is 17.7. The van der Waals surface area contributed by atoms with Crippen LogP contribution in [0.1, 0.15) is 40.0 Å². The first kappa shape index (κ1) is 21.8. The van der Waals surface area contributed by atoms with Crippen molar-refractivity contribution in [3.63, 3.8) is 0 Å². The number of rotatable bonds is 6. The average molecular weight is 382 g/mol. The lowest BCUT2D eigenvalue weighted by molar-refractivity contribution is 0.0914. The molecule has 1 N–H and O–H groups in total. The van der Waals surface area contributed by atoms with Crippen LogP contribution in [0.15, 0.2) is 4.99 Å². The minimum atomic E-state index is -0.207. The second-order valence-electron chi connectivity index (χ2n) is 8.06. The summed E-state index contributed by atoms with van der Waals surface area (Å²) in [6.07, 6.45) is 3.54. The van der Waals surface area contributed by atoms with E-state index in [1.807, 2.05) is 14.0 Å². The van der Waals surface area contributed by atoms with Crippen LogP contribution in [0.4, 0.5) is 4.79 Å². The number of piperazine rings is 1. The number of hydrogen-bond donors (Lipinski definition) is 1. The van der Waals surface area contributed by atoms with Gasteiger partial charge >= 0.3 is 6.09 Å². The molecule has 156 valence electrons. The lowest BCUT2D eigenvalue weighted by Crippen LogP contribution is -2.54. The Kier molecular flexibility index (Phi) is 9.18. The number of piperidine rings is 1. The summed E-state index contributed by atoms with van der Waals surface area (Å²) in [5.41, 5.74) is 0. The van der Waals surface area contributed by atoms with Crippen molar-refractivity contribution in [3.05, 3.63) is 0 Å². The van der Waals surface area contributed by atoms with E-state index in [0.717, 1.165) is 43.9 Å². The van der Waals surface area contributed by atoms with Gasteiger partial charge in [0.05, 0.1) is 6.61 Å². The fraction of sp³-hybridized carbons (Fsp3) is 0.900. The van der Waals surface area contributed by atoms with Crippen LogP contribution < -0.4 is 5.32 Å². The smallest absolute Gasteiger partial charge is 0.409 e. The van der Waals surface area contributed by atoms with Crippen molar-refractivity contribution in [2.45, 2.75) is 40.0 Å². The molecule has 2 fully saturated rings. The minimum absolute atomic E-state index is 0.207. The van der Waals surface area contributed by atoms with E-state index in [9.17, 15) is 4.79 Å². The van der Waals surface area contributed by atoms with Crippen LogP contribution in [0, 0.1) is 11.8 Å². The lowest BCUT2D eigenvalue weighted by Gasteiger charge is -2.36. The van der Waals surface area contributed by atoms with Gasteiger partial charge in [-0.2, -0.15) is 0 Å². The number of guanidine groups is 1. The Hall–Kier alpha value is -1.50. The molecule has 0 saturated carbocycles. The number of carbonyl (C=O) groups excluding carboxylic acids is 1. The fourth-order valence-corrected chi connectivity index (χ4v) is 4.28. The topological polar surface area (TPSA) is 60.4 Å². The van der Waals surface area contributed by atoms with Crippen molar-refractivity contribution in [1.29, 1.82) is 0 Å². The van der Waals surface area contributed by atoms with Gasteiger partial charge < -0.3 is 24.8 Å². The van der Waals surface area contributed by atoms with E-state index in [-0.39, 0.29) is 6.09 Å². The van der Waals surface area contributed by atoms with Gasteiger partial charge in [0.25, 0.3) is 0 Å². The van der Waals surface area contributed by atoms with Gasteiger partial charge in [0.15, 0.2) is 5.96 Å². The highest BCUT2D eigenvalue weighted by atomic mass is 16.6. The molecule has 2 rings (SSSR count). The van der Waals surface area contributed by atoms with E-state index >= 15 is 0 Å². The molecule has 0 spiro atoms. The number of amides is 1. The van der Waals surface area contributed by atoms with Gasteiger partial charge in [-0.05, 0) is 44.6 Å². The molecule has 1 amide bonds. The summed E-state index contributed by atoms with van der Waals surface area (Å²) in [4.78, 5) is 22.8. The van der Waals surface area contributed by atoms with Crippen LogP contribution in [0.25, 0.3) is 0 Å². The summed E-state index contributed by atoms with van der Waals surface area (Å²) in [6, 6.07) is 0. The van der Waals surface area contributed by atoms with Gasteiger partial charge in [0, 0.05) is 52.9 Å². The van der Waals surface area contributed by atoms with E-state index in [1.165, 1.54) is 32.5 Å². The molecule has 0 aromatic heterocycles. The molecule has 2 saturated heterocycles. The zero-order valence-corrected chi connectivity index (χ0v) is 17.7. The third kappa shape index (κ3) is 7.20. The maximum absolute atomic E-state index is 11.8. The van der Waals surface area contributed by atoms with Crippen molar-refractivity contribution >= 4 is 12.1 Å². The van der Waals surface area contributed by atoms with Crippen LogP contribution in [0.3, 0.4) is 0 Å². The predicted molar refractivity (Wildman–Crippen MR) is 110 cm³/mol. The molecular weight excluding hydrogens is 342 g/mol. The van der Waals surface area contributed by atoms with Crippen LogP contribution in [-0.2, 0) is 4.74 Å². The van der Waals surface area contributed by atoms with E-state index in [4.69, 9.17) is 4.74 Å². The SMILES string of the molecule is CCOC(=O)N1CCN(C(=NC)NCCCCN2CC(C)CC(C)C2)CC1. The molecule has 27 heavy (non-hydrogen) atoms. The van der Waals surface area contributed by atoms with E-state index in [1.54, 1.807) is 4.90 Å². The van der Waals surface area contributed by atoms with Crippen molar-refractivity contribution < 1.29 is 9.53 Å². The first-order valence-corrected chi connectivity index (χ1v) is 10.6. The van der Waals surface area contributed by atoms with Crippen LogP contribution in [-0.4, -0.2) is 92.8 Å². The normalized spacial score (nSPS) is 24.8. The number of carbonyl (C=O) groups is 1. The molecule has 2 aliphatic heterocycles. The number of aliphatic imine (C=N–C) groups is 1. The molecule has 0 bridgehead atoms. The molecule has 2 heterocycles. The zero-order chi connectivity index (χ0) is 19.6. The van der Waals surface area contributed by atoms with Gasteiger partial charge in [0.1, 0.15) is 0 Å². The van der Waals surface area contributed by atoms with Crippen molar-refractivity contribution in [3.8, 4) is 0 Å². The molecule has 0 radical (unpaired) electrons. The first-order chi connectivity index (χ1) is 13.0. The molecule has 0 aliphatic carbocycles. The number of unbranched alkanes of at least 4 members (excludes halogenated alkanes) is 1. The Balaban J connectivity index is 1.61. The summed E-state index contributed by atoms with van der Waals surface area (Å²) in [6.45, 7) is 14.6. The second kappa shape index (κ2) is 11.4. The van der Waals surface area contributed by atoms with Crippen molar-refractivity contribution in [2.24, 2.45) is 16.8 Å². The molecule has 7 heteroatoms. The van der Waals surface area contributed by atoms with Gasteiger partial charge in [-0.15, -0.1) is 0 Å². The second-order valence-corrected chi connectivity index (χ2v) is 8.06. The highest BCUT2D eigenvalue weighted by Crippen LogP contribution is 2.20. The quantitative estimate of drug-likeness (QED) is 0.434. The van der Waals surface area contributed by atoms with E-state index < -0.39 is 0 Å². The standard InChI is InChI=1S/C20H39N5O2/c1-5-27-20(26)25-12-10-24(11-13-25)19(21-4)22-8-6-7-9-23-15-17(2)14-18(3)16-23/h17-18H,5-16H2,1-4H3,(H,21,22). The minimum Gasteiger partial charge on any atom is -0.450 e. The fourth-order valence-electron chi connectivity index (χ4n) is 4.28. The van der Waals surface area contributed by atoms with Crippen molar-refractivity contribution in [1.82, 2.24) is 20.0 Å². The van der Waals surface area contributed by atoms with Crippen molar-refractivity contribution in [2.75, 3.05) is 66.0 Å². The Morgan fingerprint density at radius 1 is 1.07 bits per heavy atom. The first-order valence-electron chi connectivity index (χ1n) is 10.6. The van der Waals surface area contributed by atoms with Gasteiger partial charge in [-0.25, -0.2) is 4.79 Å². The third-order valence-corrected chi connectivity index (χ3v) is 5.45. The monoisotopic (exact) mass is 381 g/mol. The summed E-state index contributed by atoms with van der Waals surface area (Å²) in [7, 11) is 1.83. The molecule has 2 atom stereocenters. The molecule has 7 nitrogen and oxygen atoms in total. The summed E-state index contributed by atoms with van der Waals surface area (Å²) < 4.78 is 5.08. The maximum atomic E-state index is 11.8. The largest absolute Gasteiger partial charge is 0.450 e. The lowest BCUT2D eigenvalue weighted by atomic mass is 9.92. The Morgan fingerprint density at radius 3 is 2.30 bits per heavy atom. The van der Waals surface area contributed by atoms with Gasteiger partial charge in [-0.3, -0.25) is 4.99 Å². The Bertz CT molecular complexity index is 467. The molecule has 2 aliphatic rings. The highest BCUT2D eigenvalue weighted by Gasteiger charge is 2.24.